The molecule has 1 fully saturated rings. The minimum atomic E-state index is -0.467. The van der Waals surface area contributed by atoms with Gasteiger partial charge in [-0.3, -0.25) is 0 Å². The van der Waals surface area contributed by atoms with Crippen LogP contribution in [-0.4, -0.2) is 28.3 Å². The fraction of sp³-hybridized carbons (Fsp3) is 0.176. The van der Waals surface area contributed by atoms with Crippen LogP contribution in [0.15, 0.2) is 99.8 Å². The van der Waals surface area contributed by atoms with Gasteiger partial charge in [-0.25, -0.2) is 9.97 Å². The van der Waals surface area contributed by atoms with E-state index in [4.69, 9.17) is 28.1 Å². The Morgan fingerprint density at radius 1 is 0.634 bits per heavy atom. The minimum absolute atomic E-state index is 0.419. The lowest BCUT2D eigenvalue weighted by Gasteiger charge is -2.32. The first-order valence-corrected chi connectivity index (χ1v) is 13.8. The molecule has 200 valence electrons. The maximum atomic E-state index is 6.39. The topological polar surface area (TPSA) is 70.5 Å². The molecule has 0 saturated carbocycles. The van der Waals surface area contributed by atoms with Crippen molar-refractivity contribution in [2.45, 2.75) is 38.9 Å². The number of furan rings is 2. The Bertz CT molecular complexity index is 2110. The monoisotopic (exact) mass is 538 g/mol. The molecule has 7 heteroatoms. The SMILES string of the molecule is CC1(C)OB(c2ccc3c(c2)oc2cccc(-c4nc(-c5ccccc5)c5oc6ccccc6c5n4)c23)OC1(C)C. The molecule has 4 aromatic carbocycles. The van der Waals surface area contributed by atoms with E-state index in [1.54, 1.807) is 0 Å². The molecule has 4 heterocycles. The van der Waals surface area contributed by atoms with Crippen LogP contribution in [0.25, 0.3) is 66.7 Å². The maximum Gasteiger partial charge on any atom is 0.494 e. The van der Waals surface area contributed by atoms with Gasteiger partial charge in [0.25, 0.3) is 0 Å². The summed E-state index contributed by atoms with van der Waals surface area (Å²) in [5.74, 6) is 0.617. The van der Waals surface area contributed by atoms with Gasteiger partial charge in [-0.05, 0) is 57.4 Å². The van der Waals surface area contributed by atoms with E-state index in [0.29, 0.717) is 11.4 Å². The van der Waals surface area contributed by atoms with Crippen LogP contribution in [0.5, 0.6) is 0 Å². The number of hydrogen-bond acceptors (Lipinski definition) is 6. The Morgan fingerprint density at radius 3 is 2.17 bits per heavy atom. The first-order chi connectivity index (χ1) is 19.8. The number of para-hydroxylation sites is 1. The molecule has 1 aliphatic heterocycles. The molecule has 41 heavy (non-hydrogen) atoms. The van der Waals surface area contributed by atoms with Crippen LogP contribution in [0.1, 0.15) is 27.7 Å². The largest absolute Gasteiger partial charge is 0.494 e. The van der Waals surface area contributed by atoms with Gasteiger partial charge in [0, 0.05) is 27.3 Å². The van der Waals surface area contributed by atoms with Crippen molar-refractivity contribution in [3.63, 3.8) is 0 Å². The molecule has 0 radical (unpaired) electrons. The molecular weight excluding hydrogens is 511 g/mol. The van der Waals surface area contributed by atoms with E-state index >= 15 is 0 Å². The lowest BCUT2D eigenvalue weighted by atomic mass is 9.79. The third-order valence-electron chi connectivity index (χ3n) is 8.55. The first-order valence-electron chi connectivity index (χ1n) is 13.8. The Hall–Kier alpha value is -4.46. The average Bonchev–Trinajstić information content (AvgIpc) is 3.60. The van der Waals surface area contributed by atoms with Gasteiger partial charge in [-0.1, -0.05) is 66.7 Å². The van der Waals surface area contributed by atoms with Gasteiger partial charge in [0.2, 0.25) is 0 Å². The molecule has 0 atom stereocenters. The lowest BCUT2D eigenvalue weighted by Crippen LogP contribution is -2.41. The van der Waals surface area contributed by atoms with Gasteiger partial charge in [0.1, 0.15) is 28.0 Å². The molecule has 1 saturated heterocycles. The second-order valence-corrected chi connectivity index (χ2v) is 11.7. The van der Waals surface area contributed by atoms with E-state index in [1.807, 2.05) is 72.8 Å². The number of aromatic nitrogens is 2. The van der Waals surface area contributed by atoms with E-state index < -0.39 is 18.3 Å². The van der Waals surface area contributed by atoms with Crippen molar-refractivity contribution in [1.29, 1.82) is 0 Å². The van der Waals surface area contributed by atoms with Crippen molar-refractivity contribution < 1.29 is 18.1 Å². The minimum Gasteiger partial charge on any atom is -0.456 e. The zero-order chi connectivity index (χ0) is 27.9. The number of hydrogen-bond donors (Lipinski definition) is 0. The molecule has 8 rings (SSSR count). The molecule has 0 aliphatic carbocycles. The number of fused-ring (bicyclic) bond motifs is 6. The Morgan fingerprint density at radius 2 is 1.37 bits per heavy atom. The first kappa shape index (κ1) is 24.4. The van der Waals surface area contributed by atoms with Crippen LogP contribution in [0.3, 0.4) is 0 Å². The van der Waals surface area contributed by atoms with Crippen molar-refractivity contribution in [2.75, 3.05) is 0 Å². The molecule has 0 spiro atoms. The Kier molecular flexibility index (Phi) is 5.06. The summed E-state index contributed by atoms with van der Waals surface area (Å²) in [4.78, 5) is 10.2. The zero-order valence-electron chi connectivity index (χ0n) is 23.3. The third kappa shape index (κ3) is 3.66. The molecule has 0 N–H and O–H groups in total. The lowest BCUT2D eigenvalue weighted by molar-refractivity contribution is 0.00578. The molecule has 6 nitrogen and oxygen atoms in total. The second kappa shape index (κ2) is 8.52. The van der Waals surface area contributed by atoms with E-state index in [-0.39, 0.29) is 0 Å². The van der Waals surface area contributed by atoms with Crippen LogP contribution in [0.4, 0.5) is 0 Å². The molecular formula is C34H27BN2O4. The fourth-order valence-corrected chi connectivity index (χ4v) is 5.66. The van der Waals surface area contributed by atoms with E-state index in [9.17, 15) is 0 Å². The highest BCUT2D eigenvalue weighted by atomic mass is 16.7. The standard InChI is InChI=1S/C34H27BN2O4/c1-33(2)34(3,4)41-35(40-33)21-17-18-22-27(19-21)38-26-16-10-14-24(28(22)26)32-36-29(20-11-6-5-7-12-20)31-30(37-32)23-13-8-9-15-25(23)39-31/h5-19H,1-4H3. The maximum absolute atomic E-state index is 6.39. The van der Waals surface area contributed by atoms with Crippen LogP contribution in [0, 0.1) is 0 Å². The molecule has 1 aliphatic rings. The summed E-state index contributed by atoms with van der Waals surface area (Å²) >= 11 is 0. The van der Waals surface area contributed by atoms with Crippen molar-refractivity contribution in [3.05, 3.63) is 91.0 Å². The smallest absolute Gasteiger partial charge is 0.456 e. The Balaban J connectivity index is 1.34. The third-order valence-corrected chi connectivity index (χ3v) is 8.55. The van der Waals surface area contributed by atoms with Gasteiger partial charge in [-0.2, -0.15) is 0 Å². The van der Waals surface area contributed by atoms with E-state index in [0.717, 1.165) is 60.7 Å². The van der Waals surface area contributed by atoms with Crippen molar-refractivity contribution in [1.82, 2.24) is 9.97 Å². The summed E-state index contributed by atoms with van der Waals surface area (Å²) < 4.78 is 25.3. The molecule has 0 amide bonds. The van der Waals surface area contributed by atoms with E-state index in [2.05, 4.69) is 45.9 Å². The highest BCUT2D eigenvalue weighted by molar-refractivity contribution is 6.62. The molecule has 7 aromatic rings. The summed E-state index contributed by atoms with van der Waals surface area (Å²) in [6, 6.07) is 30.3. The quantitative estimate of drug-likeness (QED) is 0.213. The highest BCUT2D eigenvalue weighted by Crippen LogP contribution is 2.40. The summed E-state index contributed by atoms with van der Waals surface area (Å²) in [5, 5.41) is 2.91. The van der Waals surface area contributed by atoms with Crippen LogP contribution >= 0.6 is 0 Å². The van der Waals surface area contributed by atoms with Gasteiger partial charge in [0.05, 0.1) is 11.2 Å². The summed E-state index contributed by atoms with van der Waals surface area (Å²) in [6.45, 7) is 8.23. The van der Waals surface area contributed by atoms with Crippen molar-refractivity contribution >= 4 is 56.6 Å². The average molecular weight is 538 g/mol. The Labute approximate surface area is 237 Å². The number of benzene rings is 4. The van der Waals surface area contributed by atoms with Crippen molar-refractivity contribution in [3.8, 4) is 22.6 Å². The number of rotatable bonds is 3. The summed E-state index contributed by atoms with van der Waals surface area (Å²) in [5.41, 5.74) is 6.49. The predicted molar refractivity (Wildman–Crippen MR) is 163 cm³/mol. The van der Waals surface area contributed by atoms with Gasteiger partial charge in [0.15, 0.2) is 11.4 Å². The van der Waals surface area contributed by atoms with Crippen LogP contribution in [0.2, 0.25) is 0 Å². The highest BCUT2D eigenvalue weighted by Gasteiger charge is 2.51. The normalized spacial score (nSPS) is 16.4. The summed E-state index contributed by atoms with van der Waals surface area (Å²) in [7, 11) is -0.467. The van der Waals surface area contributed by atoms with E-state index in [1.165, 1.54) is 0 Å². The number of nitrogens with zero attached hydrogens (tertiary/aromatic N) is 2. The molecule has 0 unspecified atom stereocenters. The van der Waals surface area contributed by atoms with Gasteiger partial charge < -0.3 is 18.1 Å². The van der Waals surface area contributed by atoms with Crippen molar-refractivity contribution in [2.24, 2.45) is 0 Å². The van der Waals surface area contributed by atoms with Crippen LogP contribution in [-0.2, 0) is 9.31 Å². The van der Waals surface area contributed by atoms with Gasteiger partial charge >= 0.3 is 7.12 Å². The van der Waals surface area contributed by atoms with Gasteiger partial charge in [-0.15, -0.1) is 0 Å². The molecule has 3 aromatic heterocycles. The predicted octanol–water partition coefficient (Wildman–Crippen LogP) is 7.91. The van der Waals surface area contributed by atoms with Crippen LogP contribution < -0.4 is 5.46 Å². The second-order valence-electron chi connectivity index (χ2n) is 11.7. The summed E-state index contributed by atoms with van der Waals surface area (Å²) in [6.07, 6.45) is 0. The fourth-order valence-electron chi connectivity index (χ4n) is 5.66. The zero-order valence-corrected chi connectivity index (χ0v) is 23.3. The molecule has 0 bridgehead atoms.